The van der Waals surface area contributed by atoms with Crippen LogP contribution >= 0.6 is 23.2 Å². The molecule has 178 valence electrons. The number of carboxylic acids is 1. The Hall–Kier alpha value is -2.91. The molecular formula is C24H22Cl2N2O5S. The van der Waals surface area contributed by atoms with Gasteiger partial charge in [-0.05, 0) is 60.4 Å². The molecule has 0 aliphatic carbocycles. The van der Waals surface area contributed by atoms with E-state index >= 15 is 0 Å². The molecule has 3 rings (SSSR count). The quantitative estimate of drug-likeness (QED) is 0.338. The molecule has 0 radical (unpaired) electrons. The van der Waals surface area contributed by atoms with Crippen LogP contribution in [0.1, 0.15) is 23.2 Å². The third kappa shape index (κ3) is 6.80. The highest BCUT2D eigenvalue weighted by Crippen LogP contribution is 2.23. The Bertz CT molecular complexity index is 1260. The Kier molecular flexibility index (Phi) is 8.68. The van der Waals surface area contributed by atoms with Crippen LogP contribution in [0, 0.1) is 0 Å². The molecule has 0 saturated carbocycles. The largest absolute Gasteiger partial charge is 0.480 e. The summed E-state index contributed by atoms with van der Waals surface area (Å²) in [5.41, 5.74) is 1.96. The topological polar surface area (TPSA) is 113 Å². The van der Waals surface area contributed by atoms with Gasteiger partial charge in [-0.15, -0.1) is 0 Å². The lowest BCUT2D eigenvalue weighted by molar-refractivity contribution is -0.139. The molecule has 0 aliphatic heterocycles. The molecule has 7 nitrogen and oxygen atoms in total. The summed E-state index contributed by atoms with van der Waals surface area (Å²) < 4.78 is 27.7. The normalized spacial score (nSPS) is 12.2. The van der Waals surface area contributed by atoms with Crippen LogP contribution in [0.5, 0.6) is 0 Å². The monoisotopic (exact) mass is 520 g/mol. The zero-order chi connectivity index (χ0) is 24.7. The van der Waals surface area contributed by atoms with Crippen LogP contribution in [-0.2, 0) is 14.8 Å². The van der Waals surface area contributed by atoms with Gasteiger partial charge in [-0.25, -0.2) is 8.42 Å². The third-order valence-corrected chi connectivity index (χ3v) is 7.08. The van der Waals surface area contributed by atoms with Crippen LogP contribution in [0.15, 0.2) is 77.7 Å². The number of carbonyl (C=O) groups excluding carboxylic acids is 1. The number of carboxylic acid groups (broad SMARTS) is 1. The lowest BCUT2D eigenvalue weighted by Crippen LogP contribution is -2.41. The molecule has 3 N–H and O–H groups in total. The third-order valence-electron chi connectivity index (χ3n) is 5.01. The number of hydrogen-bond donors (Lipinski definition) is 3. The van der Waals surface area contributed by atoms with Crippen molar-refractivity contribution in [3.05, 3.63) is 88.4 Å². The van der Waals surface area contributed by atoms with E-state index in [4.69, 9.17) is 23.2 Å². The summed E-state index contributed by atoms with van der Waals surface area (Å²) in [5.74, 6) is -1.70. The zero-order valence-electron chi connectivity index (χ0n) is 17.9. The summed E-state index contributed by atoms with van der Waals surface area (Å²) in [6.45, 7) is 0.158. The Morgan fingerprint density at radius 3 is 2.06 bits per heavy atom. The fraction of sp³-hybridized carbons (Fsp3) is 0.167. The summed E-state index contributed by atoms with van der Waals surface area (Å²) in [4.78, 5) is 23.7. The van der Waals surface area contributed by atoms with E-state index in [1.54, 1.807) is 48.5 Å². The maximum atomic E-state index is 12.7. The molecule has 0 fully saturated rings. The highest BCUT2D eigenvalue weighted by molar-refractivity contribution is 7.89. The summed E-state index contributed by atoms with van der Waals surface area (Å²) >= 11 is 11.9. The smallest absolute Gasteiger partial charge is 0.321 e. The van der Waals surface area contributed by atoms with Gasteiger partial charge < -0.3 is 10.4 Å². The van der Waals surface area contributed by atoms with Gasteiger partial charge in [-0.1, -0.05) is 59.6 Å². The van der Waals surface area contributed by atoms with Crippen molar-refractivity contribution in [2.75, 3.05) is 6.54 Å². The van der Waals surface area contributed by atoms with Gasteiger partial charge in [0.2, 0.25) is 10.0 Å². The van der Waals surface area contributed by atoms with E-state index < -0.39 is 22.0 Å². The van der Waals surface area contributed by atoms with E-state index in [2.05, 4.69) is 10.0 Å². The lowest BCUT2D eigenvalue weighted by atomic mass is 10.1. The van der Waals surface area contributed by atoms with Gasteiger partial charge in [0.1, 0.15) is 6.04 Å². The van der Waals surface area contributed by atoms with E-state index in [0.717, 1.165) is 11.1 Å². The predicted molar refractivity (Wildman–Crippen MR) is 132 cm³/mol. The van der Waals surface area contributed by atoms with Gasteiger partial charge in [0.15, 0.2) is 0 Å². The van der Waals surface area contributed by atoms with Crippen molar-refractivity contribution >= 4 is 45.1 Å². The molecular weight excluding hydrogens is 499 g/mol. The first-order valence-electron chi connectivity index (χ1n) is 10.3. The van der Waals surface area contributed by atoms with Crippen molar-refractivity contribution in [2.24, 2.45) is 0 Å². The molecule has 1 atom stereocenters. The molecule has 10 heteroatoms. The molecule has 0 bridgehead atoms. The maximum Gasteiger partial charge on any atom is 0.321 e. The summed E-state index contributed by atoms with van der Waals surface area (Å²) in [5, 5.41) is 13.0. The van der Waals surface area contributed by atoms with E-state index in [9.17, 15) is 23.1 Å². The lowest BCUT2D eigenvalue weighted by Gasteiger charge is -2.15. The highest BCUT2D eigenvalue weighted by atomic mass is 35.5. The van der Waals surface area contributed by atoms with Crippen LogP contribution in [0.3, 0.4) is 0 Å². The fourth-order valence-corrected chi connectivity index (χ4v) is 4.78. The summed E-state index contributed by atoms with van der Waals surface area (Å²) in [6.07, 6.45) is 0.228. The zero-order valence-corrected chi connectivity index (χ0v) is 20.2. The number of hydrogen-bond acceptors (Lipinski definition) is 4. The molecule has 0 aromatic heterocycles. The van der Waals surface area contributed by atoms with E-state index in [1.807, 2.05) is 12.1 Å². The number of sulfonamides is 1. The molecule has 0 aliphatic rings. The molecule has 3 aromatic rings. The van der Waals surface area contributed by atoms with E-state index in [0.29, 0.717) is 15.6 Å². The second-order valence-electron chi connectivity index (χ2n) is 7.42. The van der Waals surface area contributed by atoms with E-state index in [1.165, 1.54) is 12.1 Å². The molecule has 0 heterocycles. The van der Waals surface area contributed by atoms with Gasteiger partial charge in [0.05, 0.1) is 15.5 Å². The molecule has 0 saturated heterocycles. The number of amides is 1. The molecule has 34 heavy (non-hydrogen) atoms. The first-order valence-corrected chi connectivity index (χ1v) is 12.5. The average molecular weight is 521 g/mol. The Balaban J connectivity index is 1.58. The van der Waals surface area contributed by atoms with Crippen molar-refractivity contribution in [3.8, 4) is 11.1 Å². The average Bonchev–Trinajstić information content (AvgIpc) is 2.81. The Morgan fingerprint density at radius 2 is 1.47 bits per heavy atom. The first-order chi connectivity index (χ1) is 16.2. The first kappa shape index (κ1) is 25.7. The molecule has 3 aromatic carbocycles. The van der Waals surface area contributed by atoms with Gasteiger partial charge in [-0.2, -0.15) is 4.72 Å². The standard InChI is InChI=1S/C24H22Cl2N2O5S/c25-18-11-7-16(8-12-18)17-9-13-19(14-10-17)34(32,33)28-22(24(30)31)6-3-15-27-23(29)20-4-1-2-5-21(20)26/h1-2,4-5,7-14,22,28H,3,6,15H2,(H,27,29)(H,30,31). The fourth-order valence-electron chi connectivity index (χ4n) is 3.21. The minimum atomic E-state index is -4.07. The van der Waals surface area contributed by atoms with Crippen LogP contribution in [0.25, 0.3) is 11.1 Å². The number of benzene rings is 3. The maximum absolute atomic E-state index is 12.7. The summed E-state index contributed by atoms with van der Waals surface area (Å²) in [7, 11) is -4.07. The molecule has 1 amide bonds. The van der Waals surface area contributed by atoms with Crippen molar-refractivity contribution < 1.29 is 23.1 Å². The van der Waals surface area contributed by atoms with Gasteiger partial charge in [0, 0.05) is 11.6 Å². The van der Waals surface area contributed by atoms with Gasteiger partial charge in [0.25, 0.3) is 5.91 Å². The molecule has 0 spiro atoms. The van der Waals surface area contributed by atoms with Crippen molar-refractivity contribution in [1.82, 2.24) is 10.0 Å². The Labute approximate surface area is 207 Å². The Morgan fingerprint density at radius 1 is 0.882 bits per heavy atom. The molecule has 1 unspecified atom stereocenters. The minimum absolute atomic E-state index is 0.0137. The van der Waals surface area contributed by atoms with E-state index in [-0.39, 0.29) is 30.2 Å². The number of carbonyl (C=O) groups is 2. The number of aliphatic carboxylic acids is 1. The van der Waals surface area contributed by atoms with Crippen molar-refractivity contribution in [1.29, 1.82) is 0 Å². The predicted octanol–water partition coefficient (Wildman–Crippen LogP) is 4.60. The second-order valence-corrected chi connectivity index (χ2v) is 9.98. The van der Waals surface area contributed by atoms with Crippen molar-refractivity contribution in [2.45, 2.75) is 23.8 Å². The van der Waals surface area contributed by atoms with Gasteiger partial charge in [-0.3, -0.25) is 9.59 Å². The number of nitrogens with one attached hydrogen (secondary N) is 2. The number of halogens is 2. The highest BCUT2D eigenvalue weighted by Gasteiger charge is 2.25. The van der Waals surface area contributed by atoms with Crippen LogP contribution in [-0.4, -0.2) is 38.0 Å². The van der Waals surface area contributed by atoms with Crippen molar-refractivity contribution in [3.63, 3.8) is 0 Å². The second kappa shape index (κ2) is 11.5. The van der Waals surface area contributed by atoms with Crippen LogP contribution in [0.4, 0.5) is 0 Å². The summed E-state index contributed by atoms with van der Waals surface area (Å²) in [6, 6.07) is 18.4. The van der Waals surface area contributed by atoms with Crippen LogP contribution < -0.4 is 10.0 Å². The minimum Gasteiger partial charge on any atom is -0.480 e. The van der Waals surface area contributed by atoms with Gasteiger partial charge >= 0.3 is 5.97 Å². The SMILES string of the molecule is O=C(NCCCC(NS(=O)(=O)c1ccc(-c2ccc(Cl)cc2)cc1)C(=O)O)c1ccccc1Cl. The van der Waals surface area contributed by atoms with Crippen LogP contribution in [0.2, 0.25) is 10.0 Å². The number of rotatable bonds is 10.